The molecule has 0 N–H and O–H groups in total. The second-order valence-electron chi connectivity index (χ2n) is 3.61. The number of aromatic nitrogens is 2. The first-order valence-electron chi connectivity index (χ1n) is 5.48. The quantitative estimate of drug-likeness (QED) is 0.760. The van der Waals surface area contributed by atoms with E-state index in [9.17, 15) is 4.79 Å². The average molecular weight is 230 g/mol. The minimum atomic E-state index is -0.391. The maximum atomic E-state index is 11.6. The van der Waals surface area contributed by atoms with Gasteiger partial charge < -0.3 is 9.30 Å². The van der Waals surface area contributed by atoms with E-state index in [0.717, 1.165) is 11.3 Å². The van der Waals surface area contributed by atoms with Crippen LogP contribution in [-0.4, -0.2) is 22.1 Å². The second kappa shape index (κ2) is 4.82. The van der Waals surface area contributed by atoms with Gasteiger partial charge in [0.05, 0.1) is 18.5 Å². The zero-order chi connectivity index (χ0) is 12.3. The van der Waals surface area contributed by atoms with Crippen LogP contribution in [0.3, 0.4) is 0 Å². The van der Waals surface area contributed by atoms with Crippen molar-refractivity contribution in [1.82, 2.24) is 9.55 Å². The number of hydrogen-bond donors (Lipinski definition) is 0. The molecule has 0 unspecified atom stereocenters. The molecule has 17 heavy (non-hydrogen) atoms. The van der Waals surface area contributed by atoms with Gasteiger partial charge in [-0.05, 0) is 12.5 Å². The third-order valence-electron chi connectivity index (χ3n) is 2.52. The summed E-state index contributed by atoms with van der Waals surface area (Å²) in [5.41, 5.74) is 1.92. The molecule has 4 heteroatoms. The van der Waals surface area contributed by atoms with Crippen molar-refractivity contribution >= 4 is 5.97 Å². The highest BCUT2D eigenvalue weighted by atomic mass is 16.5. The van der Waals surface area contributed by atoms with Crippen LogP contribution in [0.5, 0.6) is 0 Å². The summed E-state index contributed by atoms with van der Waals surface area (Å²) < 4.78 is 6.68. The molecule has 0 aliphatic rings. The molecular formula is C13H14N2O2. The summed E-state index contributed by atoms with van der Waals surface area (Å²) in [5.74, 6) is -0.0668. The molecule has 0 radical (unpaired) electrons. The molecule has 1 aromatic carbocycles. The fraction of sp³-hybridized carbons (Fsp3) is 0.231. The van der Waals surface area contributed by atoms with E-state index in [1.165, 1.54) is 0 Å². The first-order valence-corrected chi connectivity index (χ1v) is 5.48. The lowest BCUT2D eigenvalue weighted by molar-refractivity contribution is 0.0508. The van der Waals surface area contributed by atoms with Gasteiger partial charge in [-0.3, -0.25) is 0 Å². The van der Waals surface area contributed by atoms with Gasteiger partial charge in [0.25, 0.3) is 0 Å². The van der Waals surface area contributed by atoms with Gasteiger partial charge in [-0.25, -0.2) is 9.78 Å². The molecule has 0 bridgehead atoms. The normalized spacial score (nSPS) is 10.2. The summed E-state index contributed by atoms with van der Waals surface area (Å²) in [6.45, 7) is 2.13. The first kappa shape index (κ1) is 11.4. The number of rotatable bonds is 3. The van der Waals surface area contributed by atoms with Gasteiger partial charge in [0.2, 0.25) is 5.82 Å². The van der Waals surface area contributed by atoms with Gasteiger partial charge in [-0.15, -0.1) is 0 Å². The Morgan fingerprint density at radius 1 is 1.35 bits per heavy atom. The van der Waals surface area contributed by atoms with Crippen molar-refractivity contribution in [2.75, 3.05) is 6.61 Å². The molecule has 0 spiro atoms. The smallest absolute Gasteiger partial charge is 0.374 e. The van der Waals surface area contributed by atoms with Crippen molar-refractivity contribution in [2.24, 2.45) is 7.05 Å². The van der Waals surface area contributed by atoms with E-state index < -0.39 is 5.97 Å². The fourth-order valence-corrected chi connectivity index (χ4v) is 1.67. The number of hydrogen-bond acceptors (Lipinski definition) is 3. The standard InChI is InChI=1S/C13H14N2O2/c1-3-17-13(16)12-14-9-11(15(12)2)10-7-5-4-6-8-10/h4-9H,3H2,1-2H3. The van der Waals surface area contributed by atoms with Gasteiger partial charge >= 0.3 is 5.97 Å². The van der Waals surface area contributed by atoms with Crippen LogP contribution in [0.2, 0.25) is 0 Å². The number of carbonyl (C=O) groups excluding carboxylic acids is 1. The van der Waals surface area contributed by atoms with E-state index in [-0.39, 0.29) is 0 Å². The first-order chi connectivity index (χ1) is 8.24. The number of esters is 1. The van der Waals surface area contributed by atoms with Crippen molar-refractivity contribution in [2.45, 2.75) is 6.92 Å². The Bertz CT molecular complexity index is 517. The van der Waals surface area contributed by atoms with Crippen molar-refractivity contribution < 1.29 is 9.53 Å². The zero-order valence-electron chi connectivity index (χ0n) is 9.88. The molecule has 0 amide bonds. The van der Waals surface area contributed by atoms with Gasteiger partial charge in [0, 0.05) is 7.05 Å². The predicted molar refractivity (Wildman–Crippen MR) is 64.6 cm³/mol. The molecule has 1 heterocycles. The molecule has 2 rings (SSSR count). The SMILES string of the molecule is CCOC(=O)c1ncc(-c2ccccc2)n1C. The van der Waals surface area contributed by atoms with E-state index in [1.54, 1.807) is 17.7 Å². The fourth-order valence-electron chi connectivity index (χ4n) is 1.67. The molecule has 2 aromatic rings. The lowest BCUT2D eigenvalue weighted by Crippen LogP contribution is -2.11. The molecule has 1 aromatic heterocycles. The van der Waals surface area contributed by atoms with Gasteiger partial charge in [0.15, 0.2) is 0 Å². The molecule has 0 saturated carbocycles. The summed E-state index contributed by atoms with van der Waals surface area (Å²) in [7, 11) is 1.81. The third-order valence-corrected chi connectivity index (χ3v) is 2.52. The maximum absolute atomic E-state index is 11.6. The number of ether oxygens (including phenoxy) is 1. The van der Waals surface area contributed by atoms with E-state index in [2.05, 4.69) is 4.98 Å². The Morgan fingerprint density at radius 2 is 2.06 bits per heavy atom. The lowest BCUT2D eigenvalue weighted by atomic mass is 10.2. The number of nitrogens with zero attached hydrogens (tertiary/aromatic N) is 2. The Morgan fingerprint density at radius 3 is 2.71 bits per heavy atom. The highest BCUT2D eigenvalue weighted by molar-refractivity contribution is 5.86. The molecule has 0 saturated heterocycles. The second-order valence-corrected chi connectivity index (χ2v) is 3.61. The Hall–Kier alpha value is -2.10. The zero-order valence-corrected chi connectivity index (χ0v) is 9.88. The van der Waals surface area contributed by atoms with Crippen LogP contribution in [-0.2, 0) is 11.8 Å². The largest absolute Gasteiger partial charge is 0.460 e. The van der Waals surface area contributed by atoms with Crippen molar-refractivity contribution in [3.63, 3.8) is 0 Å². The van der Waals surface area contributed by atoms with Gasteiger partial charge in [0.1, 0.15) is 0 Å². The summed E-state index contributed by atoms with van der Waals surface area (Å²) >= 11 is 0. The van der Waals surface area contributed by atoms with Gasteiger partial charge in [-0.2, -0.15) is 0 Å². The molecular weight excluding hydrogens is 216 g/mol. The van der Waals surface area contributed by atoms with Crippen LogP contribution in [0.1, 0.15) is 17.5 Å². The predicted octanol–water partition coefficient (Wildman–Crippen LogP) is 2.26. The molecule has 0 aliphatic heterocycles. The average Bonchev–Trinajstić information content (AvgIpc) is 2.72. The number of carbonyl (C=O) groups is 1. The van der Waals surface area contributed by atoms with Crippen LogP contribution in [0.4, 0.5) is 0 Å². The van der Waals surface area contributed by atoms with E-state index >= 15 is 0 Å². The summed E-state index contributed by atoms with van der Waals surface area (Å²) in [4.78, 5) is 15.7. The van der Waals surface area contributed by atoms with Crippen LogP contribution in [0, 0.1) is 0 Å². The minimum absolute atomic E-state index is 0.325. The van der Waals surface area contributed by atoms with Crippen LogP contribution >= 0.6 is 0 Å². The highest BCUT2D eigenvalue weighted by Gasteiger charge is 2.15. The van der Waals surface area contributed by atoms with Crippen LogP contribution in [0.15, 0.2) is 36.5 Å². The van der Waals surface area contributed by atoms with Gasteiger partial charge in [-0.1, -0.05) is 30.3 Å². The monoisotopic (exact) mass is 230 g/mol. The molecule has 0 aliphatic carbocycles. The molecule has 0 fully saturated rings. The van der Waals surface area contributed by atoms with Crippen molar-refractivity contribution in [1.29, 1.82) is 0 Å². The summed E-state index contributed by atoms with van der Waals surface area (Å²) in [5, 5.41) is 0. The van der Waals surface area contributed by atoms with E-state index in [1.807, 2.05) is 37.4 Å². The third kappa shape index (κ3) is 2.20. The Kier molecular flexibility index (Phi) is 3.23. The van der Waals surface area contributed by atoms with E-state index in [4.69, 9.17) is 4.74 Å². The molecule has 0 atom stereocenters. The number of imidazole rings is 1. The highest BCUT2D eigenvalue weighted by Crippen LogP contribution is 2.19. The summed E-state index contributed by atoms with van der Waals surface area (Å²) in [6.07, 6.45) is 1.68. The topological polar surface area (TPSA) is 44.1 Å². The Labute approximate surface area is 99.9 Å². The minimum Gasteiger partial charge on any atom is -0.460 e. The van der Waals surface area contributed by atoms with Crippen molar-refractivity contribution in [3.05, 3.63) is 42.4 Å². The maximum Gasteiger partial charge on any atom is 0.374 e. The number of benzene rings is 1. The van der Waals surface area contributed by atoms with Crippen molar-refractivity contribution in [3.8, 4) is 11.3 Å². The molecule has 4 nitrogen and oxygen atoms in total. The van der Waals surface area contributed by atoms with E-state index in [0.29, 0.717) is 12.4 Å². The van der Waals surface area contributed by atoms with Crippen LogP contribution < -0.4 is 0 Å². The lowest BCUT2D eigenvalue weighted by Gasteiger charge is -2.05. The Balaban J connectivity index is 2.37. The van der Waals surface area contributed by atoms with Crippen LogP contribution in [0.25, 0.3) is 11.3 Å². The molecule has 88 valence electrons. The summed E-state index contributed by atoms with van der Waals surface area (Å²) in [6, 6.07) is 9.81.